The molecule has 1 aliphatic heterocycles. The van der Waals surface area contributed by atoms with Crippen molar-refractivity contribution in [2.75, 3.05) is 13.7 Å². The molecule has 0 spiro atoms. The number of aliphatic hydroxyl groups is 3. The zero-order valence-corrected chi connectivity index (χ0v) is 15.8. The van der Waals surface area contributed by atoms with Crippen molar-refractivity contribution < 1.29 is 29.6 Å². The number of carbonyl (C=O) groups is 1. The third kappa shape index (κ3) is 4.02. The predicted octanol–water partition coefficient (Wildman–Crippen LogP) is 1.17. The van der Waals surface area contributed by atoms with Crippen LogP contribution in [-0.4, -0.2) is 59.5 Å². The molecule has 3 rings (SSSR count). The molecule has 4 N–H and O–H groups in total. The van der Waals surface area contributed by atoms with E-state index in [1.807, 2.05) is 24.3 Å². The van der Waals surface area contributed by atoms with E-state index in [-0.39, 0.29) is 5.91 Å². The van der Waals surface area contributed by atoms with Crippen molar-refractivity contribution in [2.24, 2.45) is 5.92 Å². The van der Waals surface area contributed by atoms with Gasteiger partial charge < -0.3 is 30.1 Å². The summed E-state index contributed by atoms with van der Waals surface area (Å²) in [6.45, 7) is 1.28. The van der Waals surface area contributed by atoms with Gasteiger partial charge in [-0.3, -0.25) is 4.79 Å². The summed E-state index contributed by atoms with van der Waals surface area (Å²) in [5.74, 6) is -0.191. The van der Waals surface area contributed by atoms with Crippen LogP contribution in [0.25, 0.3) is 11.1 Å². The molecule has 28 heavy (non-hydrogen) atoms. The van der Waals surface area contributed by atoms with Crippen molar-refractivity contribution in [3.63, 3.8) is 0 Å². The molecule has 7 nitrogen and oxygen atoms in total. The topological polar surface area (TPSA) is 108 Å². The highest BCUT2D eigenvalue weighted by Gasteiger charge is 2.43. The minimum atomic E-state index is -1.18. The monoisotopic (exact) mass is 387 g/mol. The summed E-state index contributed by atoms with van der Waals surface area (Å²) >= 11 is 0. The SMILES string of the molecule is CNC(=O)c1cccc(-c2ccccc2O[C@@H]2OC(CO)[C@H](O)[C@H](O)C2C)c1. The van der Waals surface area contributed by atoms with E-state index in [2.05, 4.69) is 5.32 Å². The Labute approximate surface area is 163 Å². The first-order valence-electron chi connectivity index (χ1n) is 9.17. The lowest BCUT2D eigenvalue weighted by molar-refractivity contribution is -0.256. The van der Waals surface area contributed by atoms with Crippen LogP contribution in [0.3, 0.4) is 0 Å². The highest BCUT2D eigenvalue weighted by atomic mass is 16.7. The maximum atomic E-state index is 11.9. The van der Waals surface area contributed by atoms with E-state index in [1.165, 1.54) is 0 Å². The van der Waals surface area contributed by atoms with E-state index in [0.29, 0.717) is 11.3 Å². The Morgan fingerprint density at radius 3 is 2.61 bits per heavy atom. The maximum Gasteiger partial charge on any atom is 0.251 e. The molecule has 1 amide bonds. The van der Waals surface area contributed by atoms with Crippen LogP contribution in [0.5, 0.6) is 5.75 Å². The zero-order chi connectivity index (χ0) is 20.3. The van der Waals surface area contributed by atoms with Crippen molar-refractivity contribution >= 4 is 5.91 Å². The van der Waals surface area contributed by atoms with E-state index in [9.17, 15) is 20.1 Å². The predicted molar refractivity (Wildman–Crippen MR) is 103 cm³/mol. The first-order valence-corrected chi connectivity index (χ1v) is 9.17. The lowest BCUT2D eigenvalue weighted by atomic mass is 9.92. The van der Waals surface area contributed by atoms with E-state index in [4.69, 9.17) is 9.47 Å². The Bertz CT molecular complexity index is 824. The molecular weight excluding hydrogens is 362 g/mol. The molecule has 150 valence electrons. The van der Waals surface area contributed by atoms with Gasteiger partial charge in [0.1, 0.15) is 18.0 Å². The number of aliphatic hydroxyl groups excluding tert-OH is 3. The second-order valence-electron chi connectivity index (χ2n) is 6.84. The molecule has 1 saturated heterocycles. The van der Waals surface area contributed by atoms with Crippen LogP contribution in [-0.2, 0) is 4.74 Å². The van der Waals surface area contributed by atoms with Crippen LogP contribution in [0.15, 0.2) is 48.5 Å². The number of carbonyl (C=O) groups excluding carboxylic acids is 1. The summed E-state index contributed by atoms with van der Waals surface area (Å²) in [5.41, 5.74) is 2.07. The van der Waals surface area contributed by atoms with Gasteiger partial charge in [-0.1, -0.05) is 37.3 Å². The van der Waals surface area contributed by atoms with Gasteiger partial charge in [-0.2, -0.15) is 0 Å². The molecule has 0 saturated carbocycles. The van der Waals surface area contributed by atoms with Crippen LogP contribution in [0.1, 0.15) is 17.3 Å². The van der Waals surface area contributed by atoms with Gasteiger partial charge in [0.2, 0.25) is 6.29 Å². The van der Waals surface area contributed by atoms with E-state index in [0.717, 1.165) is 11.1 Å². The number of hydrogen-bond acceptors (Lipinski definition) is 6. The van der Waals surface area contributed by atoms with Crippen LogP contribution in [0, 0.1) is 5.92 Å². The average Bonchev–Trinajstić information content (AvgIpc) is 2.74. The van der Waals surface area contributed by atoms with Gasteiger partial charge in [0.25, 0.3) is 5.91 Å². The molecule has 1 aliphatic rings. The van der Waals surface area contributed by atoms with Crippen LogP contribution in [0.2, 0.25) is 0 Å². The van der Waals surface area contributed by atoms with Crippen molar-refractivity contribution in [1.82, 2.24) is 5.32 Å². The molecular formula is C21H25NO6. The molecule has 2 aromatic rings. The molecule has 2 aromatic carbocycles. The van der Waals surface area contributed by atoms with E-state index in [1.54, 1.807) is 38.2 Å². The summed E-state index contributed by atoms with van der Waals surface area (Å²) < 4.78 is 11.7. The second-order valence-corrected chi connectivity index (χ2v) is 6.84. The Hall–Kier alpha value is -2.45. The lowest BCUT2D eigenvalue weighted by Gasteiger charge is -2.40. The van der Waals surface area contributed by atoms with Gasteiger partial charge in [-0.15, -0.1) is 0 Å². The zero-order valence-electron chi connectivity index (χ0n) is 15.8. The number of ether oxygens (including phenoxy) is 2. The molecule has 1 heterocycles. The highest BCUT2D eigenvalue weighted by molar-refractivity contribution is 5.95. The molecule has 0 radical (unpaired) electrons. The minimum absolute atomic E-state index is 0.188. The van der Waals surface area contributed by atoms with Crippen molar-refractivity contribution in [2.45, 2.75) is 31.5 Å². The highest BCUT2D eigenvalue weighted by Crippen LogP contribution is 2.34. The Morgan fingerprint density at radius 1 is 1.14 bits per heavy atom. The molecule has 1 fully saturated rings. The summed E-state index contributed by atoms with van der Waals surface area (Å²) in [6.07, 6.45) is -4.04. The van der Waals surface area contributed by atoms with Crippen LogP contribution < -0.4 is 10.1 Å². The maximum absolute atomic E-state index is 11.9. The first-order chi connectivity index (χ1) is 13.5. The molecule has 2 unspecified atom stereocenters. The number of para-hydroxylation sites is 1. The third-order valence-corrected chi connectivity index (χ3v) is 4.98. The second kappa shape index (κ2) is 8.70. The molecule has 0 bridgehead atoms. The van der Waals surface area contributed by atoms with Crippen molar-refractivity contribution in [3.05, 3.63) is 54.1 Å². The number of amides is 1. The van der Waals surface area contributed by atoms with Crippen molar-refractivity contribution in [3.8, 4) is 16.9 Å². The van der Waals surface area contributed by atoms with Gasteiger partial charge >= 0.3 is 0 Å². The lowest BCUT2D eigenvalue weighted by Crippen LogP contribution is -2.56. The summed E-state index contributed by atoms with van der Waals surface area (Å²) in [5, 5.41) is 32.2. The fraction of sp³-hybridized carbons (Fsp3) is 0.381. The van der Waals surface area contributed by atoms with Gasteiger partial charge in [-0.25, -0.2) is 0 Å². The minimum Gasteiger partial charge on any atom is -0.464 e. The fourth-order valence-electron chi connectivity index (χ4n) is 3.26. The summed E-state index contributed by atoms with van der Waals surface area (Å²) in [6, 6.07) is 14.4. The van der Waals surface area contributed by atoms with Crippen molar-refractivity contribution in [1.29, 1.82) is 0 Å². The van der Waals surface area contributed by atoms with Gasteiger partial charge in [0.15, 0.2) is 0 Å². The number of rotatable bonds is 5. The van der Waals surface area contributed by atoms with Crippen LogP contribution >= 0.6 is 0 Å². The van der Waals surface area contributed by atoms with Gasteiger partial charge in [0, 0.05) is 24.1 Å². The normalized spacial score (nSPS) is 27.2. The third-order valence-electron chi connectivity index (χ3n) is 4.98. The number of hydrogen-bond donors (Lipinski definition) is 4. The Morgan fingerprint density at radius 2 is 1.89 bits per heavy atom. The van der Waals surface area contributed by atoms with E-state index < -0.39 is 37.1 Å². The fourth-order valence-corrected chi connectivity index (χ4v) is 3.26. The largest absolute Gasteiger partial charge is 0.464 e. The summed E-state index contributed by atoms with van der Waals surface area (Å²) in [4.78, 5) is 11.9. The smallest absolute Gasteiger partial charge is 0.251 e. The number of nitrogens with one attached hydrogen (secondary N) is 1. The Kier molecular flexibility index (Phi) is 6.31. The standard InChI is InChI=1S/C21H25NO6/c1-12-18(24)19(25)17(11-23)28-21(12)27-16-9-4-3-8-15(16)13-6-5-7-14(10-13)20(26)22-2/h3-10,12,17-19,21,23-25H,11H2,1-2H3,(H,22,26)/t12?,17?,18-,19+,21-/m1/s1. The van der Waals surface area contributed by atoms with Gasteiger partial charge in [-0.05, 0) is 23.8 Å². The quantitative estimate of drug-likeness (QED) is 0.613. The number of benzene rings is 2. The van der Waals surface area contributed by atoms with E-state index >= 15 is 0 Å². The molecule has 5 atom stereocenters. The molecule has 0 aromatic heterocycles. The molecule has 0 aliphatic carbocycles. The van der Waals surface area contributed by atoms with Crippen LogP contribution in [0.4, 0.5) is 0 Å². The van der Waals surface area contributed by atoms with Gasteiger partial charge in [0.05, 0.1) is 12.7 Å². The Balaban J connectivity index is 1.90. The average molecular weight is 387 g/mol. The first kappa shape index (κ1) is 20.3. The summed E-state index contributed by atoms with van der Waals surface area (Å²) in [7, 11) is 1.57. The molecule has 7 heteroatoms.